The lowest BCUT2D eigenvalue weighted by Crippen LogP contribution is -2.38. The molecule has 1 saturated heterocycles. The number of pyridine rings is 2. The molecule has 2 aliphatic rings. The maximum Gasteiger partial charge on any atom is 0.267 e. The molecule has 3 aromatic rings. The van der Waals surface area contributed by atoms with E-state index in [1.807, 2.05) is 23.6 Å². The number of rotatable bonds is 4. The number of carbonyl (C=O) groups excluding carboxylic acids is 1. The van der Waals surface area contributed by atoms with Crippen molar-refractivity contribution in [2.75, 3.05) is 13.2 Å². The van der Waals surface area contributed by atoms with Crippen LogP contribution < -0.4 is 16.4 Å². The molecular weight excluding hydrogens is 394 g/mol. The Balaban J connectivity index is 1.69. The SMILES string of the molecule is Cc1cccn2c(=O)c3cc(C(=O)NC[C@H]4CCCO4)c(=N)n(C4CCCC4)c3nc12. The second kappa shape index (κ2) is 7.92. The Morgan fingerprint density at radius 2 is 2.06 bits per heavy atom. The number of hydrogen-bond donors (Lipinski definition) is 2. The molecule has 0 aromatic carbocycles. The molecule has 3 aromatic heterocycles. The van der Waals surface area contributed by atoms with E-state index in [0.717, 1.165) is 50.7 Å². The van der Waals surface area contributed by atoms with Crippen LogP contribution in [0.2, 0.25) is 0 Å². The Morgan fingerprint density at radius 3 is 2.81 bits per heavy atom. The van der Waals surface area contributed by atoms with Crippen molar-refractivity contribution >= 4 is 22.6 Å². The van der Waals surface area contributed by atoms with Crippen molar-refractivity contribution in [1.82, 2.24) is 19.3 Å². The predicted molar refractivity (Wildman–Crippen MR) is 116 cm³/mol. The van der Waals surface area contributed by atoms with Crippen molar-refractivity contribution in [1.29, 1.82) is 5.41 Å². The van der Waals surface area contributed by atoms with Crippen molar-refractivity contribution < 1.29 is 9.53 Å². The largest absolute Gasteiger partial charge is 0.376 e. The van der Waals surface area contributed by atoms with Crippen molar-refractivity contribution in [2.24, 2.45) is 0 Å². The Bertz CT molecular complexity index is 1280. The normalized spacial score (nSPS) is 19.5. The summed E-state index contributed by atoms with van der Waals surface area (Å²) < 4.78 is 8.93. The lowest BCUT2D eigenvalue weighted by molar-refractivity contribution is 0.0855. The molecule has 0 radical (unpaired) electrons. The molecule has 1 atom stereocenters. The van der Waals surface area contributed by atoms with E-state index in [-0.39, 0.29) is 34.7 Å². The fraction of sp³-hybridized carbons (Fsp3) is 0.478. The van der Waals surface area contributed by atoms with Gasteiger partial charge in [0.25, 0.3) is 11.5 Å². The van der Waals surface area contributed by atoms with Gasteiger partial charge in [-0.3, -0.25) is 19.4 Å². The van der Waals surface area contributed by atoms with Gasteiger partial charge < -0.3 is 14.6 Å². The van der Waals surface area contributed by atoms with Gasteiger partial charge in [-0.15, -0.1) is 0 Å². The average Bonchev–Trinajstić information content (AvgIpc) is 3.47. The average molecular weight is 422 g/mol. The number of hydrogen-bond acceptors (Lipinski definition) is 5. The minimum Gasteiger partial charge on any atom is -0.376 e. The molecule has 2 N–H and O–H groups in total. The Morgan fingerprint density at radius 1 is 1.26 bits per heavy atom. The highest BCUT2D eigenvalue weighted by Gasteiger charge is 2.25. The molecule has 4 heterocycles. The van der Waals surface area contributed by atoms with E-state index in [9.17, 15) is 9.59 Å². The van der Waals surface area contributed by atoms with E-state index in [2.05, 4.69) is 5.32 Å². The predicted octanol–water partition coefficient (Wildman–Crippen LogP) is 2.46. The smallest absolute Gasteiger partial charge is 0.267 e. The third kappa shape index (κ3) is 3.44. The van der Waals surface area contributed by atoms with E-state index < -0.39 is 0 Å². The summed E-state index contributed by atoms with van der Waals surface area (Å²) in [7, 11) is 0. The number of aryl methyl sites for hydroxylation is 1. The molecule has 162 valence electrons. The number of ether oxygens (including phenoxy) is 1. The van der Waals surface area contributed by atoms with Crippen LogP contribution in [0.3, 0.4) is 0 Å². The summed E-state index contributed by atoms with van der Waals surface area (Å²) in [5, 5.41) is 12.1. The molecule has 1 amide bonds. The number of amides is 1. The van der Waals surface area contributed by atoms with Crippen molar-refractivity contribution in [2.45, 2.75) is 57.6 Å². The molecule has 0 spiro atoms. The highest BCUT2D eigenvalue weighted by atomic mass is 16.5. The van der Waals surface area contributed by atoms with E-state index in [1.165, 1.54) is 10.5 Å². The molecule has 0 bridgehead atoms. The zero-order valence-corrected chi connectivity index (χ0v) is 17.7. The zero-order chi connectivity index (χ0) is 21.5. The molecule has 0 unspecified atom stereocenters. The maximum atomic E-state index is 13.4. The van der Waals surface area contributed by atoms with Gasteiger partial charge in [-0.25, -0.2) is 4.98 Å². The number of nitrogens with one attached hydrogen (secondary N) is 2. The van der Waals surface area contributed by atoms with Gasteiger partial charge in [0.1, 0.15) is 16.8 Å². The van der Waals surface area contributed by atoms with Gasteiger partial charge in [-0.2, -0.15) is 0 Å². The van der Waals surface area contributed by atoms with Crippen LogP contribution in [0, 0.1) is 12.3 Å². The lowest BCUT2D eigenvalue weighted by atomic mass is 10.1. The fourth-order valence-corrected chi connectivity index (χ4v) is 4.86. The monoisotopic (exact) mass is 421 g/mol. The first-order chi connectivity index (χ1) is 15.0. The zero-order valence-electron chi connectivity index (χ0n) is 17.7. The summed E-state index contributed by atoms with van der Waals surface area (Å²) in [6, 6.07) is 5.34. The van der Waals surface area contributed by atoms with Gasteiger partial charge in [-0.05, 0) is 50.3 Å². The molecule has 2 fully saturated rings. The fourth-order valence-electron chi connectivity index (χ4n) is 4.86. The van der Waals surface area contributed by atoms with Crippen LogP contribution >= 0.6 is 0 Å². The first-order valence-corrected chi connectivity index (χ1v) is 11.1. The lowest BCUT2D eigenvalue weighted by Gasteiger charge is -2.20. The summed E-state index contributed by atoms with van der Waals surface area (Å²) in [4.78, 5) is 31.2. The summed E-state index contributed by atoms with van der Waals surface area (Å²) in [6.45, 7) is 3.05. The maximum absolute atomic E-state index is 13.4. The van der Waals surface area contributed by atoms with Gasteiger partial charge in [0.05, 0.1) is 17.1 Å². The number of carbonyl (C=O) groups is 1. The van der Waals surface area contributed by atoms with E-state index in [1.54, 1.807) is 6.20 Å². The summed E-state index contributed by atoms with van der Waals surface area (Å²) in [6.07, 6.45) is 7.60. The van der Waals surface area contributed by atoms with Crippen LogP contribution in [0.15, 0.2) is 29.2 Å². The molecular formula is C23H27N5O3. The van der Waals surface area contributed by atoms with Gasteiger partial charge in [0, 0.05) is 25.4 Å². The van der Waals surface area contributed by atoms with Gasteiger partial charge in [0.15, 0.2) is 0 Å². The van der Waals surface area contributed by atoms with E-state index in [4.69, 9.17) is 15.1 Å². The Hall–Kier alpha value is -3.00. The van der Waals surface area contributed by atoms with Crippen LogP contribution in [0.25, 0.3) is 16.7 Å². The quantitative estimate of drug-likeness (QED) is 0.632. The summed E-state index contributed by atoms with van der Waals surface area (Å²) in [5.41, 5.74) is 2.08. The van der Waals surface area contributed by atoms with E-state index in [0.29, 0.717) is 23.2 Å². The second-order valence-electron chi connectivity index (χ2n) is 8.60. The molecule has 31 heavy (non-hydrogen) atoms. The molecule has 8 nitrogen and oxygen atoms in total. The Kier molecular flexibility index (Phi) is 5.09. The minimum absolute atomic E-state index is 0.0137. The highest BCUT2D eigenvalue weighted by molar-refractivity contribution is 5.96. The Labute approximate surface area is 179 Å². The molecule has 5 rings (SSSR count). The van der Waals surface area contributed by atoms with Crippen LogP contribution in [-0.4, -0.2) is 39.1 Å². The minimum atomic E-state index is -0.345. The number of nitrogens with zero attached hydrogens (tertiary/aromatic N) is 3. The first-order valence-electron chi connectivity index (χ1n) is 11.1. The standard InChI is InChI=1S/C23H27N5O3/c1-14-6-4-10-27-20(14)26-21-18(23(27)30)12-17(19(24)28(21)15-7-2-3-8-15)22(29)25-13-16-9-5-11-31-16/h4,6,10,12,15-16,24H,2-3,5,7-9,11,13H2,1H3,(H,25,29)/t16-/m1/s1. The first kappa shape index (κ1) is 19.9. The topological polar surface area (TPSA) is 101 Å². The second-order valence-corrected chi connectivity index (χ2v) is 8.60. The number of fused-ring (bicyclic) bond motifs is 2. The van der Waals surface area contributed by atoms with E-state index >= 15 is 0 Å². The summed E-state index contributed by atoms with van der Waals surface area (Å²) >= 11 is 0. The number of aromatic nitrogens is 3. The van der Waals surface area contributed by atoms with Crippen molar-refractivity contribution in [3.05, 3.63) is 51.4 Å². The molecule has 1 aliphatic heterocycles. The van der Waals surface area contributed by atoms with Crippen molar-refractivity contribution in [3.8, 4) is 0 Å². The van der Waals surface area contributed by atoms with Crippen LogP contribution in [-0.2, 0) is 4.74 Å². The van der Waals surface area contributed by atoms with Crippen LogP contribution in [0.4, 0.5) is 0 Å². The van der Waals surface area contributed by atoms with Gasteiger partial charge in [-0.1, -0.05) is 18.9 Å². The third-order valence-corrected chi connectivity index (χ3v) is 6.53. The van der Waals surface area contributed by atoms with Gasteiger partial charge in [0.2, 0.25) is 0 Å². The molecule has 1 saturated carbocycles. The van der Waals surface area contributed by atoms with Crippen LogP contribution in [0.5, 0.6) is 0 Å². The molecule has 1 aliphatic carbocycles. The molecule has 8 heteroatoms. The van der Waals surface area contributed by atoms with Gasteiger partial charge >= 0.3 is 0 Å². The van der Waals surface area contributed by atoms with Crippen molar-refractivity contribution in [3.63, 3.8) is 0 Å². The highest BCUT2D eigenvalue weighted by Crippen LogP contribution is 2.30. The third-order valence-electron chi connectivity index (χ3n) is 6.53. The van der Waals surface area contributed by atoms with Crippen LogP contribution in [0.1, 0.15) is 60.5 Å². The summed E-state index contributed by atoms with van der Waals surface area (Å²) in [5.74, 6) is -0.345.